The monoisotopic (exact) mass is 408 g/mol. The van der Waals surface area contributed by atoms with Gasteiger partial charge in [-0.3, -0.25) is 9.59 Å². The molecule has 0 fully saturated rings. The first-order valence-corrected chi connectivity index (χ1v) is 10.2. The van der Waals surface area contributed by atoms with E-state index in [1.165, 1.54) is 11.8 Å². The Bertz CT molecular complexity index is 1010. The predicted octanol–water partition coefficient (Wildman–Crippen LogP) is 3.57. The van der Waals surface area contributed by atoms with E-state index in [-0.39, 0.29) is 18.1 Å². The number of benzene rings is 2. The molecule has 0 spiro atoms. The predicted molar refractivity (Wildman–Crippen MR) is 114 cm³/mol. The zero-order chi connectivity index (χ0) is 21.0. The topological polar surface area (TPSA) is 90.9 Å². The molecule has 0 bridgehead atoms. The number of ketones is 1. The Morgan fingerprint density at radius 1 is 1.00 bits per heavy atom. The Morgan fingerprint density at radius 3 is 2.17 bits per heavy atom. The maximum Gasteiger partial charge on any atom is 0.217 e. The van der Waals surface area contributed by atoms with E-state index in [4.69, 9.17) is 5.73 Å². The maximum atomic E-state index is 13.3. The van der Waals surface area contributed by atoms with Gasteiger partial charge in [0, 0.05) is 25.5 Å². The number of thioether (sulfide) groups is 1. The SMILES string of the molecule is Cc1ccc(C(=O)C(Sc2nnc(CCC(N)=O)n2C)c2ccc(C)cc2)cc1. The molecule has 0 aliphatic carbocycles. The van der Waals surface area contributed by atoms with Crippen LogP contribution in [-0.2, 0) is 18.3 Å². The fraction of sp³-hybridized carbons (Fsp3) is 0.273. The van der Waals surface area contributed by atoms with Crippen molar-refractivity contribution in [3.8, 4) is 0 Å². The van der Waals surface area contributed by atoms with Gasteiger partial charge in [0.05, 0.1) is 0 Å². The van der Waals surface area contributed by atoms with Gasteiger partial charge in [-0.05, 0) is 19.4 Å². The maximum absolute atomic E-state index is 13.3. The van der Waals surface area contributed by atoms with Crippen LogP contribution in [0, 0.1) is 13.8 Å². The lowest BCUT2D eigenvalue weighted by Crippen LogP contribution is -2.13. The summed E-state index contributed by atoms with van der Waals surface area (Å²) in [5.41, 5.74) is 9.04. The summed E-state index contributed by atoms with van der Waals surface area (Å²) < 4.78 is 1.82. The van der Waals surface area contributed by atoms with E-state index in [9.17, 15) is 9.59 Å². The second kappa shape index (κ2) is 9.05. The molecule has 29 heavy (non-hydrogen) atoms. The van der Waals surface area contributed by atoms with Crippen LogP contribution in [0.5, 0.6) is 0 Å². The minimum atomic E-state index is -0.454. The first-order valence-electron chi connectivity index (χ1n) is 9.36. The quantitative estimate of drug-likeness (QED) is 0.454. The second-order valence-electron chi connectivity index (χ2n) is 7.06. The average molecular weight is 409 g/mol. The number of aromatic nitrogens is 3. The molecule has 1 unspecified atom stereocenters. The van der Waals surface area contributed by atoms with E-state index in [1.807, 2.05) is 74.0 Å². The van der Waals surface area contributed by atoms with Gasteiger partial charge in [0.25, 0.3) is 0 Å². The summed E-state index contributed by atoms with van der Waals surface area (Å²) in [7, 11) is 1.83. The van der Waals surface area contributed by atoms with Crippen LogP contribution in [0.4, 0.5) is 0 Å². The standard InChI is InChI=1S/C22H24N4O2S/c1-14-4-8-16(9-5-14)20(28)21(17-10-6-15(2)7-11-17)29-22-25-24-19(26(22)3)13-12-18(23)27/h4-11,21H,12-13H2,1-3H3,(H2,23,27). The summed E-state index contributed by atoms with van der Waals surface area (Å²) in [5, 5.41) is 8.57. The summed E-state index contributed by atoms with van der Waals surface area (Å²) in [5.74, 6) is 0.298. The van der Waals surface area contributed by atoms with Gasteiger partial charge in [-0.1, -0.05) is 71.4 Å². The summed E-state index contributed by atoms with van der Waals surface area (Å²) in [6.07, 6.45) is 0.626. The Morgan fingerprint density at radius 2 is 1.59 bits per heavy atom. The number of amides is 1. The highest BCUT2D eigenvalue weighted by Crippen LogP contribution is 2.37. The van der Waals surface area contributed by atoms with Gasteiger partial charge in [-0.15, -0.1) is 10.2 Å². The zero-order valence-electron chi connectivity index (χ0n) is 16.8. The first kappa shape index (κ1) is 20.8. The molecule has 3 aromatic rings. The van der Waals surface area contributed by atoms with Crippen molar-refractivity contribution in [2.45, 2.75) is 37.1 Å². The first-order chi connectivity index (χ1) is 13.8. The van der Waals surface area contributed by atoms with Crippen LogP contribution in [0.2, 0.25) is 0 Å². The van der Waals surface area contributed by atoms with Crippen LogP contribution in [-0.4, -0.2) is 26.5 Å². The molecule has 1 atom stereocenters. The molecule has 7 heteroatoms. The molecule has 6 nitrogen and oxygen atoms in total. The number of Topliss-reactive ketones (excluding diaryl/α,β-unsaturated/α-hetero) is 1. The fourth-order valence-corrected chi connectivity index (χ4v) is 3.99. The number of nitrogens with two attached hydrogens (primary N) is 1. The van der Waals surface area contributed by atoms with Gasteiger partial charge >= 0.3 is 0 Å². The van der Waals surface area contributed by atoms with Crippen molar-refractivity contribution < 1.29 is 9.59 Å². The molecule has 2 N–H and O–H groups in total. The number of nitrogens with zero attached hydrogens (tertiary/aromatic N) is 3. The van der Waals surface area contributed by atoms with Crippen LogP contribution in [0.1, 0.15) is 44.5 Å². The summed E-state index contributed by atoms with van der Waals surface area (Å²) in [6, 6.07) is 15.5. The van der Waals surface area contributed by atoms with E-state index in [0.717, 1.165) is 16.7 Å². The number of hydrogen-bond donors (Lipinski definition) is 1. The van der Waals surface area contributed by atoms with E-state index >= 15 is 0 Å². The van der Waals surface area contributed by atoms with E-state index in [1.54, 1.807) is 0 Å². The average Bonchev–Trinajstić information content (AvgIpc) is 3.05. The fourth-order valence-electron chi connectivity index (χ4n) is 2.89. The minimum absolute atomic E-state index is 0.0144. The van der Waals surface area contributed by atoms with Crippen molar-refractivity contribution in [3.05, 3.63) is 76.6 Å². The highest BCUT2D eigenvalue weighted by Gasteiger charge is 2.26. The van der Waals surface area contributed by atoms with Gasteiger partial charge in [-0.2, -0.15) is 0 Å². The summed E-state index contributed by atoms with van der Waals surface area (Å²) in [6.45, 7) is 4.01. The number of primary amides is 1. The molecule has 1 heterocycles. The van der Waals surface area contributed by atoms with Gasteiger partial charge in [0.1, 0.15) is 11.1 Å². The van der Waals surface area contributed by atoms with Crippen LogP contribution in [0.15, 0.2) is 53.7 Å². The van der Waals surface area contributed by atoms with Crippen molar-refractivity contribution >= 4 is 23.5 Å². The van der Waals surface area contributed by atoms with Crippen LogP contribution < -0.4 is 5.73 Å². The van der Waals surface area contributed by atoms with Crippen molar-refractivity contribution in [3.63, 3.8) is 0 Å². The number of aryl methyl sites for hydroxylation is 3. The Hall–Kier alpha value is -2.93. The third-order valence-electron chi connectivity index (χ3n) is 4.70. The van der Waals surface area contributed by atoms with Gasteiger partial charge in [-0.25, -0.2) is 0 Å². The summed E-state index contributed by atoms with van der Waals surface area (Å²) >= 11 is 1.36. The third-order valence-corrected chi connectivity index (χ3v) is 5.99. The van der Waals surface area contributed by atoms with Gasteiger partial charge in [0.2, 0.25) is 5.91 Å². The third kappa shape index (κ3) is 5.12. The highest BCUT2D eigenvalue weighted by molar-refractivity contribution is 8.00. The van der Waals surface area contributed by atoms with Gasteiger partial charge < -0.3 is 10.3 Å². The lowest BCUT2D eigenvalue weighted by molar-refractivity contribution is -0.118. The van der Waals surface area contributed by atoms with Crippen LogP contribution in [0.25, 0.3) is 0 Å². The van der Waals surface area contributed by atoms with Crippen LogP contribution >= 0.6 is 11.8 Å². The van der Waals surface area contributed by atoms with Crippen molar-refractivity contribution in [1.29, 1.82) is 0 Å². The number of carbonyl (C=O) groups is 2. The van der Waals surface area contributed by atoms with Gasteiger partial charge in [0.15, 0.2) is 10.9 Å². The van der Waals surface area contributed by atoms with Crippen molar-refractivity contribution in [2.75, 3.05) is 0 Å². The Labute approximate surface area is 174 Å². The molecular formula is C22H24N4O2S. The molecule has 0 saturated carbocycles. The van der Waals surface area contributed by atoms with Crippen LogP contribution in [0.3, 0.4) is 0 Å². The molecule has 2 aromatic carbocycles. The smallest absolute Gasteiger partial charge is 0.217 e. The largest absolute Gasteiger partial charge is 0.370 e. The second-order valence-corrected chi connectivity index (χ2v) is 8.14. The molecule has 1 amide bonds. The zero-order valence-corrected chi connectivity index (χ0v) is 17.6. The molecule has 3 rings (SSSR count). The number of hydrogen-bond acceptors (Lipinski definition) is 5. The number of rotatable bonds is 8. The van der Waals surface area contributed by atoms with E-state index in [2.05, 4.69) is 10.2 Å². The summed E-state index contributed by atoms with van der Waals surface area (Å²) in [4.78, 5) is 24.4. The normalized spacial score (nSPS) is 12.0. The van der Waals surface area contributed by atoms with E-state index in [0.29, 0.717) is 23.0 Å². The van der Waals surface area contributed by atoms with E-state index < -0.39 is 5.25 Å². The Balaban J connectivity index is 1.91. The molecule has 1 aromatic heterocycles. The van der Waals surface area contributed by atoms with Crippen molar-refractivity contribution in [2.24, 2.45) is 12.8 Å². The molecule has 0 aliphatic rings. The molecule has 0 radical (unpaired) electrons. The Kier molecular flexibility index (Phi) is 6.49. The number of carbonyl (C=O) groups excluding carboxylic acids is 2. The molecular weight excluding hydrogens is 384 g/mol. The van der Waals surface area contributed by atoms with Crippen molar-refractivity contribution in [1.82, 2.24) is 14.8 Å². The minimum Gasteiger partial charge on any atom is -0.370 e. The lowest BCUT2D eigenvalue weighted by atomic mass is 10.0. The highest BCUT2D eigenvalue weighted by atomic mass is 32.2. The lowest BCUT2D eigenvalue weighted by Gasteiger charge is -2.16. The molecule has 150 valence electrons. The molecule has 0 aliphatic heterocycles. The molecule has 0 saturated heterocycles.